The SMILES string of the molecule is C=CC(S)Cc1ccc(C)cc1. The number of aryl methyl sites for hydroxylation is 1. The van der Waals surface area contributed by atoms with Gasteiger partial charge in [0.2, 0.25) is 0 Å². The van der Waals surface area contributed by atoms with Crippen molar-refractivity contribution >= 4 is 12.6 Å². The number of benzene rings is 1. The van der Waals surface area contributed by atoms with Crippen LogP contribution < -0.4 is 0 Å². The van der Waals surface area contributed by atoms with Gasteiger partial charge in [0.15, 0.2) is 0 Å². The monoisotopic (exact) mass is 178 g/mol. The molecule has 1 aromatic rings. The van der Waals surface area contributed by atoms with E-state index in [2.05, 4.69) is 50.4 Å². The molecular weight excluding hydrogens is 164 g/mol. The molecule has 1 heteroatoms. The maximum absolute atomic E-state index is 4.35. The summed E-state index contributed by atoms with van der Waals surface area (Å²) < 4.78 is 0. The first-order valence-electron chi connectivity index (χ1n) is 4.08. The Labute approximate surface area is 79.7 Å². The van der Waals surface area contributed by atoms with E-state index in [9.17, 15) is 0 Å². The minimum atomic E-state index is 0.271. The van der Waals surface area contributed by atoms with Gasteiger partial charge in [0.1, 0.15) is 0 Å². The molecule has 0 aromatic heterocycles. The summed E-state index contributed by atoms with van der Waals surface area (Å²) in [7, 11) is 0. The molecule has 12 heavy (non-hydrogen) atoms. The van der Waals surface area contributed by atoms with Crippen LogP contribution in [0.3, 0.4) is 0 Å². The highest BCUT2D eigenvalue weighted by Crippen LogP contribution is 2.09. The van der Waals surface area contributed by atoms with Crippen LogP contribution in [0.25, 0.3) is 0 Å². The van der Waals surface area contributed by atoms with Crippen molar-refractivity contribution in [1.29, 1.82) is 0 Å². The Kier molecular flexibility index (Phi) is 3.42. The predicted molar refractivity (Wildman–Crippen MR) is 57.9 cm³/mol. The highest BCUT2D eigenvalue weighted by molar-refractivity contribution is 7.81. The van der Waals surface area contributed by atoms with Gasteiger partial charge in [0.25, 0.3) is 0 Å². The largest absolute Gasteiger partial charge is 0.171 e. The van der Waals surface area contributed by atoms with Crippen molar-refractivity contribution in [3.05, 3.63) is 48.0 Å². The van der Waals surface area contributed by atoms with Crippen LogP contribution in [0.5, 0.6) is 0 Å². The average molecular weight is 178 g/mol. The molecular formula is C11H14S. The Hall–Kier alpha value is -0.690. The Bertz CT molecular complexity index is 248. The summed E-state index contributed by atoms with van der Waals surface area (Å²) in [6.07, 6.45) is 2.83. The number of thiol groups is 1. The third-order valence-corrected chi connectivity index (χ3v) is 2.23. The molecule has 0 aliphatic carbocycles. The topological polar surface area (TPSA) is 0 Å². The van der Waals surface area contributed by atoms with Gasteiger partial charge < -0.3 is 0 Å². The van der Waals surface area contributed by atoms with Crippen molar-refractivity contribution in [3.8, 4) is 0 Å². The van der Waals surface area contributed by atoms with Crippen LogP contribution in [-0.2, 0) is 6.42 Å². The van der Waals surface area contributed by atoms with Crippen molar-refractivity contribution in [2.24, 2.45) is 0 Å². The van der Waals surface area contributed by atoms with E-state index in [0.717, 1.165) is 6.42 Å². The summed E-state index contributed by atoms with van der Waals surface area (Å²) in [5.41, 5.74) is 2.62. The lowest BCUT2D eigenvalue weighted by atomic mass is 10.1. The summed E-state index contributed by atoms with van der Waals surface area (Å²) in [5, 5.41) is 0.271. The highest BCUT2D eigenvalue weighted by Gasteiger charge is 1.98. The lowest BCUT2D eigenvalue weighted by molar-refractivity contribution is 1.03. The molecule has 0 spiro atoms. The van der Waals surface area contributed by atoms with Crippen LogP contribution in [0, 0.1) is 6.92 Å². The third-order valence-electron chi connectivity index (χ3n) is 1.84. The van der Waals surface area contributed by atoms with E-state index in [0.29, 0.717) is 0 Å². The van der Waals surface area contributed by atoms with E-state index in [1.165, 1.54) is 11.1 Å². The molecule has 1 rings (SSSR count). The summed E-state index contributed by atoms with van der Waals surface area (Å²) >= 11 is 4.35. The van der Waals surface area contributed by atoms with Crippen molar-refractivity contribution in [2.45, 2.75) is 18.6 Å². The molecule has 0 N–H and O–H groups in total. The zero-order chi connectivity index (χ0) is 8.97. The minimum absolute atomic E-state index is 0.271. The van der Waals surface area contributed by atoms with E-state index in [-0.39, 0.29) is 5.25 Å². The second-order valence-electron chi connectivity index (χ2n) is 2.99. The Balaban J connectivity index is 2.64. The molecule has 0 saturated carbocycles. The first-order chi connectivity index (χ1) is 5.72. The van der Waals surface area contributed by atoms with Crippen LogP contribution in [0.2, 0.25) is 0 Å². The molecule has 0 heterocycles. The van der Waals surface area contributed by atoms with Crippen LogP contribution in [0.1, 0.15) is 11.1 Å². The standard InChI is InChI=1S/C11H14S/c1-3-11(12)8-10-6-4-9(2)5-7-10/h3-7,11-12H,1,8H2,2H3. The van der Waals surface area contributed by atoms with Gasteiger partial charge in [-0.05, 0) is 18.9 Å². The molecule has 0 aliphatic heterocycles. The van der Waals surface area contributed by atoms with E-state index < -0.39 is 0 Å². The predicted octanol–water partition coefficient (Wildman–Crippen LogP) is 3.02. The quantitative estimate of drug-likeness (QED) is 0.534. The number of hydrogen-bond acceptors (Lipinski definition) is 1. The molecule has 0 saturated heterocycles. The summed E-state index contributed by atoms with van der Waals surface area (Å²) in [6.45, 7) is 5.79. The summed E-state index contributed by atoms with van der Waals surface area (Å²) in [5.74, 6) is 0. The van der Waals surface area contributed by atoms with Gasteiger partial charge >= 0.3 is 0 Å². The zero-order valence-corrected chi connectivity index (χ0v) is 8.22. The van der Waals surface area contributed by atoms with Crippen LogP contribution in [0.15, 0.2) is 36.9 Å². The van der Waals surface area contributed by atoms with E-state index in [4.69, 9.17) is 0 Å². The fourth-order valence-corrected chi connectivity index (χ4v) is 1.26. The normalized spacial score (nSPS) is 12.5. The lowest BCUT2D eigenvalue weighted by Gasteiger charge is -2.04. The fraction of sp³-hybridized carbons (Fsp3) is 0.273. The second kappa shape index (κ2) is 4.36. The molecule has 0 fully saturated rings. The summed E-state index contributed by atoms with van der Waals surface area (Å²) in [6, 6.07) is 8.53. The highest BCUT2D eigenvalue weighted by atomic mass is 32.1. The van der Waals surface area contributed by atoms with Crippen LogP contribution in [0.4, 0.5) is 0 Å². The second-order valence-corrected chi connectivity index (χ2v) is 3.66. The Morgan fingerprint density at radius 1 is 1.42 bits per heavy atom. The first kappa shape index (κ1) is 9.40. The minimum Gasteiger partial charge on any atom is -0.171 e. The first-order valence-corrected chi connectivity index (χ1v) is 4.60. The molecule has 0 radical (unpaired) electrons. The molecule has 0 nitrogen and oxygen atoms in total. The molecule has 1 atom stereocenters. The Morgan fingerprint density at radius 3 is 2.50 bits per heavy atom. The van der Waals surface area contributed by atoms with E-state index in [1.807, 2.05) is 6.08 Å². The van der Waals surface area contributed by atoms with Gasteiger partial charge in [-0.2, -0.15) is 12.6 Å². The number of rotatable bonds is 3. The lowest BCUT2D eigenvalue weighted by Crippen LogP contribution is -1.98. The molecule has 0 aliphatic rings. The molecule has 1 aromatic carbocycles. The average Bonchev–Trinajstić information content (AvgIpc) is 2.09. The maximum Gasteiger partial charge on any atom is 0.0234 e. The molecule has 1 unspecified atom stereocenters. The van der Waals surface area contributed by atoms with E-state index in [1.54, 1.807) is 0 Å². The van der Waals surface area contributed by atoms with Crippen molar-refractivity contribution in [1.82, 2.24) is 0 Å². The van der Waals surface area contributed by atoms with Gasteiger partial charge in [-0.3, -0.25) is 0 Å². The van der Waals surface area contributed by atoms with Crippen LogP contribution >= 0.6 is 12.6 Å². The van der Waals surface area contributed by atoms with Crippen molar-refractivity contribution in [2.75, 3.05) is 0 Å². The van der Waals surface area contributed by atoms with Gasteiger partial charge in [-0.25, -0.2) is 0 Å². The molecule has 0 bridgehead atoms. The molecule has 0 amide bonds. The zero-order valence-electron chi connectivity index (χ0n) is 7.33. The van der Waals surface area contributed by atoms with Gasteiger partial charge in [-0.15, -0.1) is 6.58 Å². The van der Waals surface area contributed by atoms with Gasteiger partial charge in [0, 0.05) is 5.25 Å². The van der Waals surface area contributed by atoms with Crippen LogP contribution in [-0.4, -0.2) is 5.25 Å². The Morgan fingerprint density at radius 2 is 2.00 bits per heavy atom. The summed E-state index contributed by atoms with van der Waals surface area (Å²) in [4.78, 5) is 0. The third kappa shape index (κ3) is 2.74. The van der Waals surface area contributed by atoms with E-state index >= 15 is 0 Å². The van der Waals surface area contributed by atoms with Gasteiger partial charge in [0.05, 0.1) is 0 Å². The van der Waals surface area contributed by atoms with Crippen molar-refractivity contribution < 1.29 is 0 Å². The number of hydrogen-bond donors (Lipinski definition) is 1. The van der Waals surface area contributed by atoms with Gasteiger partial charge in [-0.1, -0.05) is 35.9 Å². The van der Waals surface area contributed by atoms with Crippen molar-refractivity contribution in [3.63, 3.8) is 0 Å². The fourth-order valence-electron chi connectivity index (χ4n) is 1.05. The maximum atomic E-state index is 4.35. The smallest absolute Gasteiger partial charge is 0.0234 e. The molecule has 64 valence electrons.